The predicted molar refractivity (Wildman–Crippen MR) is 86.5 cm³/mol. The lowest BCUT2D eigenvalue weighted by atomic mass is 10.2. The fourth-order valence-corrected chi connectivity index (χ4v) is 3.02. The van der Waals surface area contributed by atoms with Crippen molar-refractivity contribution in [2.75, 3.05) is 24.2 Å². The van der Waals surface area contributed by atoms with Gasteiger partial charge in [-0.15, -0.1) is 0 Å². The lowest BCUT2D eigenvalue weighted by Crippen LogP contribution is -2.41. The van der Waals surface area contributed by atoms with Gasteiger partial charge < -0.3 is 9.64 Å². The minimum absolute atomic E-state index is 0.0147. The molecule has 120 valence electrons. The van der Waals surface area contributed by atoms with Gasteiger partial charge in [0.2, 0.25) is 5.91 Å². The average molecular weight is 380 g/mol. The standard InChI is InChI=1S/C14H22BrNO4S/c1-11(17)21-10-3-6-13(18)16-8-2-5-12(16)14(19)20-9-4-7-15/h12H,2-10H2,1H3/t12-/m0/s1. The molecule has 1 rings (SSSR count). The number of alkyl halides is 1. The number of carbonyl (C=O) groups is 3. The number of rotatable bonds is 8. The number of ether oxygens (including phenoxy) is 1. The fraction of sp³-hybridized carbons (Fsp3) is 0.786. The maximum Gasteiger partial charge on any atom is 0.328 e. The second-order valence-electron chi connectivity index (χ2n) is 4.90. The molecule has 1 aliphatic rings. The van der Waals surface area contributed by atoms with Crippen molar-refractivity contribution in [1.82, 2.24) is 4.90 Å². The molecule has 0 unspecified atom stereocenters. The molecule has 1 saturated heterocycles. The largest absolute Gasteiger partial charge is 0.464 e. The third-order valence-corrected chi connectivity index (χ3v) is 4.67. The van der Waals surface area contributed by atoms with Crippen molar-refractivity contribution >= 4 is 44.7 Å². The normalized spacial score (nSPS) is 17.8. The van der Waals surface area contributed by atoms with Crippen molar-refractivity contribution in [3.05, 3.63) is 0 Å². The first-order valence-electron chi connectivity index (χ1n) is 7.21. The molecule has 7 heteroatoms. The van der Waals surface area contributed by atoms with Crippen LogP contribution in [0.2, 0.25) is 0 Å². The maximum atomic E-state index is 12.2. The van der Waals surface area contributed by atoms with E-state index in [9.17, 15) is 14.4 Å². The Labute approximate surface area is 138 Å². The molecule has 1 aliphatic heterocycles. The Bertz CT molecular complexity index is 378. The summed E-state index contributed by atoms with van der Waals surface area (Å²) < 4.78 is 5.19. The zero-order valence-corrected chi connectivity index (χ0v) is 14.7. The van der Waals surface area contributed by atoms with Crippen molar-refractivity contribution in [2.45, 2.75) is 45.1 Å². The number of likely N-dealkylation sites (tertiary alicyclic amines) is 1. The van der Waals surface area contributed by atoms with Crippen LogP contribution in [0.4, 0.5) is 0 Å². The van der Waals surface area contributed by atoms with Gasteiger partial charge in [0.25, 0.3) is 0 Å². The molecule has 1 heterocycles. The highest BCUT2D eigenvalue weighted by Gasteiger charge is 2.34. The zero-order valence-electron chi connectivity index (χ0n) is 12.3. The number of amides is 1. The van der Waals surface area contributed by atoms with E-state index in [1.165, 1.54) is 18.7 Å². The van der Waals surface area contributed by atoms with Gasteiger partial charge in [0.05, 0.1) is 6.61 Å². The van der Waals surface area contributed by atoms with Gasteiger partial charge >= 0.3 is 5.97 Å². The minimum atomic E-state index is -0.423. The summed E-state index contributed by atoms with van der Waals surface area (Å²) in [4.78, 5) is 36.6. The third kappa shape index (κ3) is 6.82. The fourth-order valence-electron chi connectivity index (χ4n) is 2.22. The summed E-state index contributed by atoms with van der Waals surface area (Å²) in [6, 6.07) is -0.423. The molecule has 0 saturated carbocycles. The quantitative estimate of drug-likeness (QED) is 0.368. The smallest absolute Gasteiger partial charge is 0.328 e. The molecular formula is C14H22BrNO4S. The first-order chi connectivity index (χ1) is 10.1. The van der Waals surface area contributed by atoms with Crippen molar-refractivity contribution in [3.63, 3.8) is 0 Å². The summed E-state index contributed by atoms with van der Waals surface area (Å²) in [5.74, 6) is 0.342. The van der Waals surface area contributed by atoms with Gasteiger partial charge in [0, 0.05) is 31.0 Å². The van der Waals surface area contributed by atoms with E-state index in [0.29, 0.717) is 38.2 Å². The molecule has 21 heavy (non-hydrogen) atoms. The SMILES string of the molecule is CC(=O)SCCCC(=O)N1CCC[C@H]1C(=O)OCCCBr. The summed E-state index contributed by atoms with van der Waals surface area (Å²) in [6.45, 7) is 2.53. The van der Waals surface area contributed by atoms with Crippen LogP contribution in [-0.2, 0) is 19.1 Å². The summed E-state index contributed by atoms with van der Waals surface area (Å²) in [7, 11) is 0. The van der Waals surface area contributed by atoms with Gasteiger partial charge in [0.1, 0.15) is 6.04 Å². The monoisotopic (exact) mass is 379 g/mol. The van der Waals surface area contributed by atoms with E-state index in [2.05, 4.69) is 15.9 Å². The van der Waals surface area contributed by atoms with E-state index in [-0.39, 0.29) is 17.0 Å². The van der Waals surface area contributed by atoms with Crippen molar-refractivity contribution in [2.24, 2.45) is 0 Å². The van der Waals surface area contributed by atoms with Gasteiger partial charge in [-0.25, -0.2) is 4.79 Å². The number of halogens is 1. The second kappa shape index (κ2) is 10.2. The van der Waals surface area contributed by atoms with E-state index < -0.39 is 6.04 Å². The Morgan fingerprint density at radius 2 is 2.10 bits per heavy atom. The van der Waals surface area contributed by atoms with Crippen LogP contribution in [0.25, 0.3) is 0 Å². The van der Waals surface area contributed by atoms with Gasteiger partial charge in [-0.2, -0.15) is 0 Å². The van der Waals surface area contributed by atoms with E-state index >= 15 is 0 Å². The first-order valence-corrected chi connectivity index (χ1v) is 9.32. The second-order valence-corrected chi connectivity index (χ2v) is 6.96. The van der Waals surface area contributed by atoms with Crippen LogP contribution in [0.15, 0.2) is 0 Å². The van der Waals surface area contributed by atoms with E-state index in [0.717, 1.165) is 18.2 Å². The Balaban J connectivity index is 2.35. The van der Waals surface area contributed by atoms with Crippen LogP contribution in [0.3, 0.4) is 0 Å². The lowest BCUT2D eigenvalue weighted by Gasteiger charge is -2.23. The van der Waals surface area contributed by atoms with Crippen LogP contribution in [-0.4, -0.2) is 52.2 Å². The Morgan fingerprint density at radius 1 is 1.33 bits per heavy atom. The molecule has 1 amide bonds. The minimum Gasteiger partial charge on any atom is -0.464 e. The molecule has 0 spiro atoms. The number of esters is 1. The van der Waals surface area contributed by atoms with Gasteiger partial charge in [0.15, 0.2) is 5.12 Å². The number of hydrogen-bond donors (Lipinski definition) is 0. The highest BCUT2D eigenvalue weighted by molar-refractivity contribution is 9.09. The number of nitrogens with zero attached hydrogens (tertiary/aromatic N) is 1. The van der Waals surface area contributed by atoms with E-state index in [1.54, 1.807) is 4.90 Å². The maximum absolute atomic E-state index is 12.2. The summed E-state index contributed by atoms with van der Waals surface area (Å²) in [6.07, 6.45) is 3.33. The first kappa shape index (κ1) is 18.5. The summed E-state index contributed by atoms with van der Waals surface area (Å²) in [5.41, 5.74) is 0. The highest BCUT2D eigenvalue weighted by atomic mass is 79.9. The summed E-state index contributed by atoms with van der Waals surface area (Å²) >= 11 is 4.51. The highest BCUT2D eigenvalue weighted by Crippen LogP contribution is 2.20. The molecule has 0 aromatic carbocycles. The van der Waals surface area contributed by atoms with Crippen molar-refractivity contribution in [3.8, 4) is 0 Å². The average Bonchev–Trinajstić information content (AvgIpc) is 2.92. The molecular weight excluding hydrogens is 358 g/mol. The van der Waals surface area contributed by atoms with E-state index in [1.807, 2.05) is 0 Å². The molecule has 0 aromatic heterocycles. The summed E-state index contributed by atoms with van der Waals surface area (Å²) in [5, 5.41) is 0.860. The van der Waals surface area contributed by atoms with Gasteiger partial charge in [-0.1, -0.05) is 27.7 Å². The van der Waals surface area contributed by atoms with Crippen molar-refractivity contribution in [1.29, 1.82) is 0 Å². The van der Waals surface area contributed by atoms with Gasteiger partial charge in [-0.05, 0) is 25.7 Å². The molecule has 1 atom stereocenters. The molecule has 0 N–H and O–H groups in total. The number of hydrogen-bond acceptors (Lipinski definition) is 5. The predicted octanol–water partition coefficient (Wildman–Crippen LogP) is 2.37. The molecule has 0 aliphatic carbocycles. The van der Waals surface area contributed by atoms with E-state index in [4.69, 9.17) is 4.74 Å². The molecule has 0 radical (unpaired) electrons. The van der Waals surface area contributed by atoms with Gasteiger partial charge in [-0.3, -0.25) is 9.59 Å². The molecule has 1 fully saturated rings. The Morgan fingerprint density at radius 3 is 2.76 bits per heavy atom. The number of thioether (sulfide) groups is 1. The molecule has 5 nitrogen and oxygen atoms in total. The van der Waals surface area contributed by atoms with Crippen LogP contribution in [0, 0.1) is 0 Å². The van der Waals surface area contributed by atoms with Crippen LogP contribution in [0.5, 0.6) is 0 Å². The topological polar surface area (TPSA) is 63.7 Å². The van der Waals surface area contributed by atoms with Crippen LogP contribution in [0.1, 0.15) is 39.0 Å². The lowest BCUT2D eigenvalue weighted by molar-refractivity contribution is -0.153. The zero-order chi connectivity index (χ0) is 15.7. The molecule has 0 bridgehead atoms. The number of carbonyl (C=O) groups excluding carboxylic acids is 3. The van der Waals surface area contributed by atoms with Crippen molar-refractivity contribution < 1.29 is 19.1 Å². The Hall–Kier alpha value is -0.560. The van der Waals surface area contributed by atoms with Crippen LogP contribution < -0.4 is 0 Å². The molecule has 0 aromatic rings. The Kier molecular flexibility index (Phi) is 8.99. The van der Waals surface area contributed by atoms with Crippen LogP contribution >= 0.6 is 27.7 Å². The third-order valence-electron chi connectivity index (χ3n) is 3.21.